The first-order chi connectivity index (χ1) is 1.73. The summed E-state index contributed by atoms with van der Waals surface area (Å²) in [5, 5.41) is 0. The van der Waals surface area contributed by atoms with Gasteiger partial charge in [-0.1, -0.05) is 0 Å². The second-order valence-electron chi connectivity index (χ2n) is 0.283. The summed E-state index contributed by atoms with van der Waals surface area (Å²) < 4.78 is 8.74. The Morgan fingerprint density at radius 2 is 1.12 bits per heavy atom. The van der Waals surface area contributed by atoms with E-state index >= 15 is 0 Å². The minimum absolute atomic E-state index is 0. The van der Waals surface area contributed by atoms with Crippen molar-refractivity contribution in [2.24, 2.45) is 0 Å². The summed E-state index contributed by atoms with van der Waals surface area (Å²) >= 11 is 0. The van der Waals surface area contributed by atoms with Gasteiger partial charge in [0.05, 0.1) is 0 Å². The molecule has 0 heterocycles. The SMILES string of the molecule is O=[Si](O)O.[AlH3].[AlH3].[H-].[H-].[Li+].[Li+]. The van der Waals surface area contributed by atoms with Crippen LogP contribution < -0.4 is 37.7 Å². The molecule has 0 amide bonds. The van der Waals surface area contributed by atoms with Crippen molar-refractivity contribution in [2.45, 2.75) is 0 Å². The Morgan fingerprint density at radius 1 is 1.12 bits per heavy atom. The van der Waals surface area contributed by atoms with Gasteiger partial charge in [0.15, 0.2) is 34.7 Å². The summed E-state index contributed by atoms with van der Waals surface area (Å²) in [6.07, 6.45) is 0. The maximum absolute atomic E-state index is 8.74. The van der Waals surface area contributed by atoms with Crippen molar-refractivity contribution in [3.63, 3.8) is 0 Å². The van der Waals surface area contributed by atoms with Crippen LogP contribution in [0.25, 0.3) is 0 Å². The molecule has 0 unspecified atom stereocenters. The third-order valence-electron chi connectivity index (χ3n) is 0. The van der Waals surface area contributed by atoms with Gasteiger partial charge in [-0.3, -0.25) is 4.46 Å². The van der Waals surface area contributed by atoms with E-state index < -0.39 is 9.17 Å². The van der Waals surface area contributed by atoms with Gasteiger partial charge in [0.1, 0.15) is 0 Å². The fourth-order valence-corrected chi connectivity index (χ4v) is 0. The van der Waals surface area contributed by atoms with E-state index in [4.69, 9.17) is 14.1 Å². The predicted molar refractivity (Wildman–Crippen MR) is 33.0 cm³/mol. The van der Waals surface area contributed by atoms with Gasteiger partial charge in [0.25, 0.3) is 0 Å². The quantitative estimate of drug-likeness (QED) is 0.340. The first kappa shape index (κ1) is 32.7. The van der Waals surface area contributed by atoms with Crippen LogP contribution in [0.5, 0.6) is 0 Å². The Morgan fingerprint density at radius 3 is 1.12 bits per heavy atom. The van der Waals surface area contributed by atoms with Crippen molar-refractivity contribution in [3.8, 4) is 0 Å². The van der Waals surface area contributed by atoms with Gasteiger partial charge >= 0.3 is 46.9 Å². The molecule has 0 aromatic rings. The smallest absolute Gasteiger partial charge is 1.00 e. The zero-order chi connectivity index (χ0) is 3.58. The zero-order valence-corrected chi connectivity index (χ0v) is 4.80. The average molecular weight is 154 g/mol. The Labute approximate surface area is 97.7 Å². The zero-order valence-electron chi connectivity index (χ0n) is 5.80. The molecule has 0 aromatic carbocycles. The third-order valence-corrected chi connectivity index (χ3v) is 0. The standard InChI is InChI=1S/2Al.2Li.H2O3Si.8H/c;;;;1-4(2)3;;;;;;;;/h;;;;1-2H;;;;;;;;/q;;2*+1;;;;;;;;2*-1. The van der Waals surface area contributed by atoms with Crippen molar-refractivity contribution < 1.29 is 54.6 Å². The minimum Gasteiger partial charge on any atom is -1.00 e. The van der Waals surface area contributed by atoms with Gasteiger partial charge in [-0.15, -0.1) is 0 Å². The van der Waals surface area contributed by atoms with Crippen LogP contribution in [0.1, 0.15) is 2.85 Å². The number of hydrogen-bond acceptors (Lipinski definition) is 1. The maximum Gasteiger partial charge on any atom is 1.00 e. The molecular weight excluding hydrogens is 144 g/mol. The summed E-state index contributed by atoms with van der Waals surface area (Å²) in [6.45, 7) is 0. The monoisotopic (exact) mass is 154 g/mol. The largest absolute Gasteiger partial charge is 1.00 e. The molecule has 0 aliphatic carbocycles. The van der Waals surface area contributed by atoms with E-state index in [1.165, 1.54) is 0 Å². The van der Waals surface area contributed by atoms with Crippen molar-refractivity contribution in [3.05, 3.63) is 0 Å². The van der Waals surface area contributed by atoms with Crippen molar-refractivity contribution in [2.75, 3.05) is 0 Å². The molecule has 0 radical (unpaired) electrons. The first-order valence-electron chi connectivity index (χ1n) is 0.651. The Balaban J connectivity index is -0.00000000300. The van der Waals surface area contributed by atoms with Gasteiger partial charge in [0.2, 0.25) is 0 Å². The summed E-state index contributed by atoms with van der Waals surface area (Å²) in [6, 6.07) is 0. The Hall–Kier alpha value is 1.88. The van der Waals surface area contributed by atoms with Gasteiger partial charge < -0.3 is 12.4 Å². The number of rotatable bonds is 0. The van der Waals surface area contributed by atoms with Gasteiger partial charge in [-0.2, -0.15) is 0 Å². The fraction of sp³-hybridized carbons (Fsp3) is 0. The maximum atomic E-state index is 8.74. The van der Waals surface area contributed by atoms with E-state index in [0.29, 0.717) is 0 Å². The van der Waals surface area contributed by atoms with E-state index in [0.717, 1.165) is 0 Å². The van der Waals surface area contributed by atoms with Crippen molar-refractivity contribution >= 4 is 43.9 Å². The molecule has 0 aromatic heterocycles. The molecule has 0 spiro atoms. The third kappa shape index (κ3) is 106. The van der Waals surface area contributed by atoms with Crippen LogP contribution in [0, 0.1) is 0 Å². The van der Waals surface area contributed by atoms with E-state index in [9.17, 15) is 0 Å². The average Bonchev–Trinajstić information content (AvgIpc) is 0.811. The van der Waals surface area contributed by atoms with Crippen molar-refractivity contribution in [1.29, 1.82) is 0 Å². The molecule has 0 atom stereocenters. The van der Waals surface area contributed by atoms with Crippen LogP contribution in [0.15, 0.2) is 0 Å². The summed E-state index contributed by atoms with van der Waals surface area (Å²) in [5.41, 5.74) is 0. The molecule has 2 N–H and O–H groups in total. The van der Waals surface area contributed by atoms with Gasteiger partial charge in [-0.05, 0) is 0 Å². The molecule has 0 rings (SSSR count). The van der Waals surface area contributed by atoms with E-state index in [-0.39, 0.29) is 75.3 Å². The second kappa shape index (κ2) is 23.2. The van der Waals surface area contributed by atoms with E-state index in [2.05, 4.69) is 0 Å². The molecule has 3 nitrogen and oxygen atoms in total. The van der Waals surface area contributed by atoms with Gasteiger partial charge in [-0.25, -0.2) is 0 Å². The van der Waals surface area contributed by atoms with Gasteiger partial charge in [0, 0.05) is 0 Å². The molecule has 40 valence electrons. The molecule has 8 heavy (non-hydrogen) atoms. The topological polar surface area (TPSA) is 57.5 Å². The molecular formula is H10Al2Li2O3Si. The summed E-state index contributed by atoms with van der Waals surface area (Å²) in [4.78, 5) is 14.3. The van der Waals surface area contributed by atoms with Crippen LogP contribution in [0.2, 0.25) is 0 Å². The van der Waals surface area contributed by atoms with Crippen LogP contribution in [-0.2, 0) is 4.46 Å². The Kier molecular flexibility index (Phi) is 94.7. The predicted octanol–water partition coefficient (Wildman–Crippen LogP) is -9.75. The Bertz CT molecular complexity index is 45.5. The molecule has 0 bridgehead atoms. The molecule has 0 aliphatic rings. The van der Waals surface area contributed by atoms with Crippen LogP contribution in [0.4, 0.5) is 0 Å². The summed E-state index contributed by atoms with van der Waals surface area (Å²) in [7, 11) is -3.13. The van der Waals surface area contributed by atoms with E-state index in [1.54, 1.807) is 0 Å². The van der Waals surface area contributed by atoms with Crippen LogP contribution in [0.3, 0.4) is 0 Å². The van der Waals surface area contributed by atoms with Crippen LogP contribution in [-0.4, -0.2) is 53.5 Å². The minimum atomic E-state index is -3.13. The van der Waals surface area contributed by atoms with E-state index in [1.807, 2.05) is 0 Å². The number of hydrogen-bond donors (Lipinski definition) is 2. The normalized spacial score (nSPS) is 3.00. The fourth-order valence-electron chi connectivity index (χ4n) is 0. The van der Waals surface area contributed by atoms with Crippen molar-refractivity contribution in [1.82, 2.24) is 0 Å². The molecule has 0 saturated carbocycles. The molecule has 0 aliphatic heterocycles. The molecule has 0 saturated heterocycles. The van der Waals surface area contributed by atoms with Crippen LogP contribution >= 0.6 is 0 Å². The molecule has 8 heteroatoms. The molecule has 0 fully saturated rings. The first-order valence-corrected chi connectivity index (χ1v) is 1.95. The second-order valence-corrected chi connectivity index (χ2v) is 0.848. The summed E-state index contributed by atoms with van der Waals surface area (Å²) in [5.74, 6) is 0.